The fourth-order valence-electron chi connectivity index (χ4n) is 4.34. The van der Waals surface area contributed by atoms with Crippen LogP contribution < -0.4 is 5.32 Å². The van der Waals surface area contributed by atoms with E-state index in [1.54, 1.807) is 23.1 Å². The topological polar surface area (TPSA) is 49.4 Å². The number of nitrogens with one attached hydrogen (secondary N) is 1. The van der Waals surface area contributed by atoms with Crippen LogP contribution in [0.2, 0.25) is 10.0 Å². The molecule has 0 saturated carbocycles. The van der Waals surface area contributed by atoms with Crippen molar-refractivity contribution in [3.05, 3.63) is 141 Å². The molecular formula is C32H30Cl2N2O2. The Kier molecular flexibility index (Phi) is 9.97. The average molecular weight is 546 g/mol. The van der Waals surface area contributed by atoms with Crippen LogP contribution in [0.25, 0.3) is 0 Å². The summed E-state index contributed by atoms with van der Waals surface area (Å²) in [5, 5.41) is 4.03. The maximum Gasteiger partial charge on any atom is 0.243 e. The number of rotatable bonds is 11. The second kappa shape index (κ2) is 13.8. The minimum absolute atomic E-state index is 0.0710. The largest absolute Gasteiger partial charge is 0.350 e. The van der Waals surface area contributed by atoms with Gasteiger partial charge < -0.3 is 10.2 Å². The van der Waals surface area contributed by atoms with E-state index in [9.17, 15) is 9.59 Å². The summed E-state index contributed by atoms with van der Waals surface area (Å²) < 4.78 is 0. The summed E-state index contributed by atoms with van der Waals surface area (Å²) in [5.41, 5.74) is 3.79. The molecule has 4 nitrogen and oxygen atoms in total. The Labute approximate surface area is 234 Å². The Hall–Kier alpha value is -3.60. The fourth-order valence-corrected chi connectivity index (χ4v) is 4.81. The molecule has 0 spiro atoms. The van der Waals surface area contributed by atoms with Gasteiger partial charge in [-0.1, -0.05) is 120 Å². The third kappa shape index (κ3) is 7.95. The van der Waals surface area contributed by atoms with Crippen molar-refractivity contribution in [2.45, 2.75) is 38.4 Å². The zero-order chi connectivity index (χ0) is 26.7. The van der Waals surface area contributed by atoms with Gasteiger partial charge in [-0.15, -0.1) is 0 Å². The van der Waals surface area contributed by atoms with Gasteiger partial charge in [0.05, 0.1) is 0 Å². The monoisotopic (exact) mass is 544 g/mol. The third-order valence-electron chi connectivity index (χ3n) is 6.41. The van der Waals surface area contributed by atoms with E-state index < -0.39 is 6.04 Å². The van der Waals surface area contributed by atoms with Crippen molar-refractivity contribution in [2.24, 2.45) is 0 Å². The second-order valence-electron chi connectivity index (χ2n) is 9.15. The number of hydrogen-bond acceptors (Lipinski definition) is 2. The van der Waals surface area contributed by atoms with E-state index in [4.69, 9.17) is 23.2 Å². The lowest BCUT2D eigenvalue weighted by atomic mass is 10.0. The molecule has 38 heavy (non-hydrogen) atoms. The summed E-state index contributed by atoms with van der Waals surface area (Å²) in [6.45, 7) is 0.568. The molecule has 0 aliphatic carbocycles. The highest BCUT2D eigenvalue weighted by Gasteiger charge is 2.30. The van der Waals surface area contributed by atoms with Gasteiger partial charge in [0.25, 0.3) is 0 Å². The van der Waals surface area contributed by atoms with Crippen LogP contribution in [-0.4, -0.2) is 22.8 Å². The lowest BCUT2D eigenvalue weighted by molar-refractivity contribution is -0.141. The van der Waals surface area contributed by atoms with Crippen LogP contribution in [-0.2, 0) is 35.5 Å². The predicted molar refractivity (Wildman–Crippen MR) is 154 cm³/mol. The van der Waals surface area contributed by atoms with Crippen LogP contribution >= 0.6 is 23.2 Å². The Balaban J connectivity index is 1.60. The SMILES string of the molecule is O=C(NCc1ccc(Cl)cc1Cl)C(Cc1ccccc1)N(Cc1ccccc1)C(=O)CCc1ccccc1. The van der Waals surface area contributed by atoms with Crippen LogP contribution in [0.3, 0.4) is 0 Å². The molecule has 0 bridgehead atoms. The lowest BCUT2D eigenvalue weighted by Crippen LogP contribution is -2.50. The van der Waals surface area contributed by atoms with Gasteiger partial charge in [-0.2, -0.15) is 0 Å². The Morgan fingerprint density at radius 1 is 0.737 bits per heavy atom. The van der Waals surface area contributed by atoms with E-state index in [1.807, 2.05) is 91.0 Å². The van der Waals surface area contributed by atoms with Gasteiger partial charge in [0.15, 0.2) is 0 Å². The van der Waals surface area contributed by atoms with Crippen molar-refractivity contribution in [1.82, 2.24) is 10.2 Å². The summed E-state index contributed by atoms with van der Waals surface area (Å²) in [5.74, 6) is -0.304. The van der Waals surface area contributed by atoms with E-state index in [0.29, 0.717) is 35.9 Å². The van der Waals surface area contributed by atoms with E-state index in [-0.39, 0.29) is 18.4 Å². The van der Waals surface area contributed by atoms with Gasteiger partial charge in [-0.25, -0.2) is 0 Å². The van der Waals surface area contributed by atoms with E-state index in [1.165, 1.54) is 0 Å². The molecule has 2 amide bonds. The predicted octanol–water partition coefficient (Wildman–Crippen LogP) is 6.88. The zero-order valence-electron chi connectivity index (χ0n) is 21.0. The second-order valence-corrected chi connectivity index (χ2v) is 10.00. The molecule has 0 aliphatic rings. The fraction of sp³-hybridized carbons (Fsp3) is 0.188. The maximum atomic E-state index is 13.7. The van der Waals surface area contributed by atoms with Gasteiger partial charge in [-0.3, -0.25) is 9.59 Å². The van der Waals surface area contributed by atoms with Crippen LogP contribution in [0.5, 0.6) is 0 Å². The molecule has 0 aliphatic heterocycles. The lowest BCUT2D eigenvalue weighted by Gasteiger charge is -2.32. The van der Waals surface area contributed by atoms with Crippen LogP contribution in [0.1, 0.15) is 28.7 Å². The van der Waals surface area contributed by atoms with E-state index >= 15 is 0 Å². The van der Waals surface area contributed by atoms with Gasteiger partial charge >= 0.3 is 0 Å². The van der Waals surface area contributed by atoms with Crippen molar-refractivity contribution < 1.29 is 9.59 Å². The number of carbonyl (C=O) groups excluding carboxylic acids is 2. The Morgan fingerprint density at radius 3 is 1.92 bits per heavy atom. The molecule has 0 saturated heterocycles. The van der Waals surface area contributed by atoms with Crippen molar-refractivity contribution in [3.63, 3.8) is 0 Å². The van der Waals surface area contributed by atoms with Gasteiger partial charge in [0.2, 0.25) is 11.8 Å². The van der Waals surface area contributed by atoms with Crippen molar-refractivity contribution >= 4 is 35.0 Å². The molecule has 0 radical (unpaired) electrons. The normalized spacial score (nSPS) is 11.5. The number of hydrogen-bond donors (Lipinski definition) is 1. The Bertz CT molecular complexity index is 1330. The molecule has 0 aromatic heterocycles. The molecule has 0 heterocycles. The summed E-state index contributed by atoms with van der Waals surface area (Å²) in [6.07, 6.45) is 1.30. The maximum absolute atomic E-state index is 13.7. The molecule has 4 rings (SSSR count). The van der Waals surface area contributed by atoms with Crippen LogP contribution in [0.4, 0.5) is 0 Å². The molecular weight excluding hydrogens is 515 g/mol. The number of aryl methyl sites for hydroxylation is 1. The highest BCUT2D eigenvalue weighted by molar-refractivity contribution is 6.35. The number of nitrogens with zero attached hydrogens (tertiary/aromatic N) is 1. The molecule has 0 fully saturated rings. The highest BCUT2D eigenvalue weighted by atomic mass is 35.5. The number of benzene rings is 4. The number of carbonyl (C=O) groups is 2. The van der Waals surface area contributed by atoms with Crippen molar-refractivity contribution in [2.75, 3.05) is 0 Å². The quantitative estimate of drug-likeness (QED) is 0.223. The summed E-state index contributed by atoms with van der Waals surface area (Å²) >= 11 is 12.4. The van der Waals surface area contributed by atoms with Gasteiger partial charge in [0, 0.05) is 36.0 Å². The summed E-state index contributed by atoms with van der Waals surface area (Å²) in [7, 11) is 0. The first kappa shape index (κ1) is 27.4. The van der Waals surface area contributed by atoms with Crippen LogP contribution in [0, 0.1) is 0 Å². The Morgan fingerprint density at radius 2 is 1.32 bits per heavy atom. The first-order valence-electron chi connectivity index (χ1n) is 12.6. The zero-order valence-corrected chi connectivity index (χ0v) is 22.5. The van der Waals surface area contributed by atoms with E-state index in [2.05, 4.69) is 5.32 Å². The minimum Gasteiger partial charge on any atom is -0.350 e. The van der Waals surface area contributed by atoms with Crippen molar-refractivity contribution in [3.8, 4) is 0 Å². The molecule has 1 unspecified atom stereocenters. The van der Waals surface area contributed by atoms with Crippen molar-refractivity contribution in [1.29, 1.82) is 0 Å². The minimum atomic E-state index is -0.702. The molecule has 194 valence electrons. The van der Waals surface area contributed by atoms with Crippen LogP contribution in [0.15, 0.2) is 109 Å². The number of amides is 2. The first-order chi connectivity index (χ1) is 18.5. The molecule has 4 aromatic rings. The summed E-state index contributed by atoms with van der Waals surface area (Å²) in [4.78, 5) is 29.2. The standard InChI is InChI=1S/C32H30Cl2N2O2/c33-28-18-17-27(29(34)21-28)22-35-32(38)30(20-25-12-6-2-7-13-25)36(23-26-14-8-3-9-15-26)31(37)19-16-24-10-4-1-5-11-24/h1-15,17-18,21,30H,16,19-20,22-23H2,(H,35,38). The molecule has 4 aromatic carbocycles. The van der Waals surface area contributed by atoms with Gasteiger partial charge in [0.1, 0.15) is 6.04 Å². The molecule has 1 N–H and O–H groups in total. The molecule has 1 atom stereocenters. The summed E-state index contributed by atoms with van der Waals surface area (Å²) in [6, 6.07) is 34.0. The number of halogens is 2. The third-order valence-corrected chi connectivity index (χ3v) is 6.99. The van der Waals surface area contributed by atoms with E-state index in [0.717, 1.165) is 22.3 Å². The van der Waals surface area contributed by atoms with Gasteiger partial charge in [-0.05, 0) is 40.8 Å². The molecule has 6 heteroatoms. The average Bonchev–Trinajstić information content (AvgIpc) is 2.94. The highest BCUT2D eigenvalue weighted by Crippen LogP contribution is 2.22. The smallest absolute Gasteiger partial charge is 0.243 e. The first-order valence-corrected chi connectivity index (χ1v) is 13.4.